The highest BCUT2D eigenvalue weighted by molar-refractivity contribution is 7.13. The van der Waals surface area contributed by atoms with Gasteiger partial charge < -0.3 is 15.2 Å². The third-order valence-corrected chi connectivity index (χ3v) is 3.45. The number of pyridine rings is 1. The van der Waals surface area contributed by atoms with E-state index in [2.05, 4.69) is 15.3 Å². The first-order chi connectivity index (χ1) is 9.67. The molecule has 0 spiro atoms. The molecule has 0 unspecified atom stereocenters. The lowest BCUT2D eigenvalue weighted by Crippen LogP contribution is -2.01. The summed E-state index contributed by atoms with van der Waals surface area (Å²) in [5.41, 5.74) is 1.84. The van der Waals surface area contributed by atoms with Gasteiger partial charge in [-0.05, 0) is 11.6 Å². The van der Waals surface area contributed by atoms with Crippen molar-refractivity contribution in [2.75, 3.05) is 12.4 Å². The fourth-order valence-corrected chi connectivity index (χ4v) is 2.33. The van der Waals surface area contributed by atoms with E-state index in [1.165, 1.54) is 11.3 Å². The first-order valence-corrected chi connectivity index (χ1v) is 6.94. The highest BCUT2D eigenvalue weighted by Gasteiger charge is 2.05. The number of rotatable bonds is 7. The van der Waals surface area contributed by atoms with Gasteiger partial charge in [-0.2, -0.15) is 0 Å². The molecule has 0 saturated carbocycles. The third-order valence-electron chi connectivity index (χ3n) is 2.60. The topological polar surface area (TPSA) is 84.3 Å². The maximum absolute atomic E-state index is 10.5. The molecule has 2 aromatic heterocycles. The molecule has 20 heavy (non-hydrogen) atoms. The fourth-order valence-electron chi connectivity index (χ4n) is 1.59. The van der Waals surface area contributed by atoms with Gasteiger partial charge >= 0.3 is 5.97 Å². The van der Waals surface area contributed by atoms with Crippen LogP contribution < -0.4 is 10.1 Å². The average molecular weight is 293 g/mol. The number of hydrogen-bond donors (Lipinski definition) is 2. The van der Waals surface area contributed by atoms with Gasteiger partial charge in [0, 0.05) is 30.6 Å². The van der Waals surface area contributed by atoms with Gasteiger partial charge in [0.25, 0.3) is 0 Å². The summed E-state index contributed by atoms with van der Waals surface area (Å²) >= 11 is 1.47. The molecule has 2 rings (SSSR count). The van der Waals surface area contributed by atoms with E-state index in [-0.39, 0.29) is 6.42 Å². The molecule has 0 bridgehead atoms. The van der Waals surface area contributed by atoms with Crippen molar-refractivity contribution in [2.45, 2.75) is 19.4 Å². The van der Waals surface area contributed by atoms with Gasteiger partial charge in [-0.15, -0.1) is 11.3 Å². The van der Waals surface area contributed by atoms with Crippen LogP contribution in [0.1, 0.15) is 17.7 Å². The van der Waals surface area contributed by atoms with Gasteiger partial charge in [0.05, 0.1) is 19.2 Å². The molecule has 0 amide bonds. The average Bonchev–Trinajstić information content (AvgIpc) is 2.91. The van der Waals surface area contributed by atoms with E-state index in [0.29, 0.717) is 18.8 Å². The van der Waals surface area contributed by atoms with E-state index in [1.807, 2.05) is 17.5 Å². The Kier molecular flexibility index (Phi) is 4.89. The first-order valence-electron chi connectivity index (χ1n) is 6.06. The maximum Gasteiger partial charge on any atom is 0.303 e. The molecular formula is C13H15N3O3S. The molecule has 0 aliphatic carbocycles. The van der Waals surface area contributed by atoms with Crippen LogP contribution in [0, 0.1) is 0 Å². The Morgan fingerprint density at radius 1 is 1.55 bits per heavy atom. The van der Waals surface area contributed by atoms with Crippen LogP contribution in [0.25, 0.3) is 0 Å². The van der Waals surface area contributed by atoms with Gasteiger partial charge in [0.2, 0.25) is 5.88 Å². The van der Waals surface area contributed by atoms with Crippen LogP contribution in [-0.2, 0) is 17.8 Å². The van der Waals surface area contributed by atoms with E-state index in [1.54, 1.807) is 13.3 Å². The summed E-state index contributed by atoms with van der Waals surface area (Å²) in [5.74, 6) is -0.234. The van der Waals surface area contributed by atoms with Crippen molar-refractivity contribution in [2.24, 2.45) is 0 Å². The van der Waals surface area contributed by atoms with Crippen LogP contribution in [0.5, 0.6) is 5.88 Å². The van der Waals surface area contributed by atoms with Crippen molar-refractivity contribution >= 4 is 22.4 Å². The van der Waals surface area contributed by atoms with Crippen molar-refractivity contribution in [1.82, 2.24) is 9.97 Å². The predicted octanol–water partition coefficient (Wildman–Crippen LogP) is 2.18. The van der Waals surface area contributed by atoms with Gasteiger partial charge in [0.15, 0.2) is 5.13 Å². The van der Waals surface area contributed by atoms with Gasteiger partial charge in [0.1, 0.15) is 0 Å². The minimum Gasteiger partial charge on any atom is -0.481 e. The lowest BCUT2D eigenvalue weighted by molar-refractivity contribution is -0.136. The second-order valence-corrected chi connectivity index (χ2v) is 4.96. The molecule has 0 aromatic carbocycles. The summed E-state index contributed by atoms with van der Waals surface area (Å²) in [5, 5.41) is 14.5. The Bertz CT molecular complexity index is 586. The van der Waals surface area contributed by atoms with E-state index >= 15 is 0 Å². The van der Waals surface area contributed by atoms with Gasteiger partial charge in [-0.3, -0.25) is 4.79 Å². The van der Waals surface area contributed by atoms with Crippen molar-refractivity contribution in [3.63, 3.8) is 0 Å². The Labute approximate surface area is 120 Å². The van der Waals surface area contributed by atoms with Crippen molar-refractivity contribution in [1.29, 1.82) is 0 Å². The molecule has 0 atom stereocenters. The van der Waals surface area contributed by atoms with Crippen LogP contribution in [0.2, 0.25) is 0 Å². The Hall–Kier alpha value is -2.15. The molecule has 0 aliphatic heterocycles. The van der Waals surface area contributed by atoms with Crippen molar-refractivity contribution in [3.8, 4) is 5.88 Å². The number of aromatic nitrogens is 2. The van der Waals surface area contributed by atoms with Crippen LogP contribution in [-0.4, -0.2) is 28.2 Å². The SMILES string of the molecule is COc1cc(CNc2nc(CCC(=O)O)cs2)ccn1. The standard InChI is InChI=1S/C13H15N3O3S/c1-19-11-6-9(4-5-14-11)7-15-13-16-10(8-20-13)2-3-12(17)18/h4-6,8H,2-3,7H2,1H3,(H,15,16)(H,17,18). The third kappa shape index (κ3) is 4.20. The van der Waals surface area contributed by atoms with Crippen LogP contribution in [0.15, 0.2) is 23.7 Å². The van der Waals surface area contributed by atoms with Crippen molar-refractivity contribution < 1.29 is 14.6 Å². The van der Waals surface area contributed by atoms with E-state index in [0.717, 1.165) is 16.4 Å². The molecule has 7 heteroatoms. The molecule has 2 N–H and O–H groups in total. The maximum atomic E-state index is 10.5. The van der Waals surface area contributed by atoms with Crippen molar-refractivity contribution in [3.05, 3.63) is 35.0 Å². The Morgan fingerprint density at radius 2 is 2.40 bits per heavy atom. The van der Waals surface area contributed by atoms with Crippen LogP contribution in [0.3, 0.4) is 0 Å². The van der Waals surface area contributed by atoms with E-state index in [4.69, 9.17) is 9.84 Å². The highest BCUT2D eigenvalue weighted by atomic mass is 32.1. The second-order valence-electron chi connectivity index (χ2n) is 4.10. The zero-order valence-corrected chi connectivity index (χ0v) is 11.8. The first kappa shape index (κ1) is 14.3. The van der Waals surface area contributed by atoms with Crippen LogP contribution in [0.4, 0.5) is 5.13 Å². The number of hydrogen-bond acceptors (Lipinski definition) is 6. The number of carbonyl (C=O) groups is 1. The number of anilines is 1. The molecule has 0 fully saturated rings. The number of methoxy groups -OCH3 is 1. The molecule has 6 nitrogen and oxygen atoms in total. The Morgan fingerprint density at radius 3 is 3.15 bits per heavy atom. The summed E-state index contributed by atoms with van der Waals surface area (Å²) < 4.78 is 5.06. The smallest absolute Gasteiger partial charge is 0.303 e. The molecule has 106 valence electrons. The molecule has 0 saturated heterocycles. The summed E-state index contributed by atoms with van der Waals surface area (Å²) in [6.45, 7) is 0.616. The number of aliphatic carboxylic acids is 1. The van der Waals surface area contributed by atoms with Crippen LogP contribution >= 0.6 is 11.3 Å². The second kappa shape index (κ2) is 6.85. The quantitative estimate of drug-likeness (QED) is 0.814. The zero-order valence-electron chi connectivity index (χ0n) is 11.0. The number of carboxylic acids is 1. The Balaban J connectivity index is 1.88. The largest absolute Gasteiger partial charge is 0.481 e. The normalized spacial score (nSPS) is 10.2. The molecule has 0 aliphatic rings. The number of nitrogens with one attached hydrogen (secondary N) is 1. The fraction of sp³-hybridized carbons (Fsp3) is 0.308. The lowest BCUT2D eigenvalue weighted by atomic mass is 10.2. The highest BCUT2D eigenvalue weighted by Crippen LogP contribution is 2.18. The molecular weight excluding hydrogens is 278 g/mol. The minimum absolute atomic E-state index is 0.102. The van der Waals surface area contributed by atoms with Gasteiger partial charge in [-0.25, -0.2) is 9.97 Å². The monoisotopic (exact) mass is 293 g/mol. The van der Waals surface area contributed by atoms with Gasteiger partial charge in [-0.1, -0.05) is 0 Å². The summed E-state index contributed by atoms with van der Waals surface area (Å²) in [6, 6.07) is 3.75. The molecule has 2 aromatic rings. The number of thiazole rings is 1. The molecule has 0 radical (unpaired) electrons. The summed E-state index contributed by atoms with van der Waals surface area (Å²) in [6.07, 6.45) is 2.25. The number of ether oxygens (including phenoxy) is 1. The number of carboxylic acid groups (broad SMARTS) is 1. The number of nitrogens with zero attached hydrogens (tertiary/aromatic N) is 2. The van der Waals surface area contributed by atoms with E-state index < -0.39 is 5.97 Å². The van der Waals surface area contributed by atoms with E-state index in [9.17, 15) is 4.79 Å². The number of aryl methyl sites for hydroxylation is 1. The lowest BCUT2D eigenvalue weighted by Gasteiger charge is -2.04. The summed E-state index contributed by atoms with van der Waals surface area (Å²) in [4.78, 5) is 18.9. The molecule has 2 heterocycles. The zero-order chi connectivity index (χ0) is 14.4. The minimum atomic E-state index is -0.809. The predicted molar refractivity (Wildman–Crippen MR) is 76.2 cm³/mol. The summed E-state index contributed by atoms with van der Waals surface area (Å²) in [7, 11) is 1.58.